The van der Waals surface area contributed by atoms with Crippen molar-refractivity contribution in [1.29, 1.82) is 0 Å². The smallest absolute Gasteiger partial charge is 0.0223 e. The van der Waals surface area contributed by atoms with Crippen molar-refractivity contribution in [1.82, 2.24) is 10.2 Å². The molecule has 3 rings (SSSR count). The third kappa shape index (κ3) is 3.61. The molecule has 1 aliphatic heterocycles. The molecule has 0 amide bonds. The first-order valence-electron chi connectivity index (χ1n) is 8.56. The van der Waals surface area contributed by atoms with Crippen LogP contribution in [-0.2, 0) is 0 Å². The molecule has 19 heavy (non-hydrogen) atoms. The van der Waals surface area contributed by atoms with Gasteiger partial charge in [-0.3, -0.25) is 4.90 Å². The van der Waals surface area contributed by atoms with Crippen LogP contribution in [0.4, 0.5) is 0 Å². The van der Waals surface area contributed by atoms with E-state index in [1.54, 1.807) is 0 Å². The minimum absolute atomic E-state index is 0.772. The number of rotatable bonds is 2. The average Bonchev–Trinajstić information content (AvgIpc) is 2.75. The van der Waals surface area contributed by atoms with E-state index in [0.29, 0.717) is 0 Å². The molecular weight excluding hydrogens is 232 g/mol. The highest BCUT2D eigenvalue weighted by atomic mass is 15.2. The van der Waals surface area contributed by atoms with Gasteiger partial charge in [0, 0.05) is 18.6 Å². The van der Waals surface area contributed by atoms with Crippen LogP contribution < -0.4 is 5.32 Å². The van der Waals surface area contributed by atoms with Crippen molar-refractivity contribution in [3.63, 3.8) is 0 Å². The van der Waals surface area contributed by atoms with Crippen molar-refractivity contribution >= 4 is 0 Å². The maximum absolute atomic E-state index is 3.86. The van der Waals surface area contributed by atoms with E-state index in [0.717, 1.165) is 18.0 Å². The highest BCUT2D eigenvalue weighted by Crippen LogP contribution is 2.29. The Hall–Kier alpha value is -0.340. The van der Waals surface area contributed by atoms with Crippen molar-refractivity contribution in [2.45, 2.75) is 69.9 Å². The summed E-state index contributed by atoms with van der Waals surface area (Å²) in [5.41, 5.74) is 0. The van der Waals surface area contributed by atoms with Gasteiger partial charge >= 0.3 is 0 Å². The van der Waals surface area contributed by atoms with Crippen LogP contribution in [0.25, 0.3) is 0 Å². The van der Waals surface area contributed by atoms with Crippen molar-refractivity contribution in [3.8, 4) is 0 Å². The summed E-state index contributed by atoms with van der Waals surface area (Å²) in [5, 5.41) is 3.86. The second-order valence-electron chi connectivity index (χ2n) is 6.75. The van der Waals surface area contributed by atoms with E-state index in [9.17, 15) is 0 Å². The number of nitrogens with one attached hydrogen (secondary N) is 1. The standard InChI is InChI=1S/C17H30N2/c1-3-8-15(9-4-1)17-14-19(13-7-12-18-17)16-10-5-2-6-11-16/h2,5,15-18H,1,3-4,6-14H2. The molecule has 1 saturated heterocycles. The fraction of sp³-hybridized carbons (Fsp3) is 0.882. The lowest BCUT2D eigenvalue weighted by molar-refractivity contribution is 0.154. The first-order valence-corrected chi connectivity index (χ1v) is 8.56. The Morgan fingerprint density at radius 1 is 0.947 bits per heavy atom. The predicted octanol–water partition coefficient (Wildman–Crippen LogP) is 3.34. The Balaban J connectivity index is 1.60. The fourth-order valence-electron chi connectivity index (χ4n) is 4.27. The van der Waals surface area contributed by atoms with E-state index in [1.807, 2.05) is 0 Å². The van der Waals surface area contributed by atoms with Gasteiger partial charge in [0.05, 0.1) is 0 Å². The zero-order chi connectivity index (χ0) is 12.9. The van der Waals surface area contributed by atoms with Crippen LogP contribution in [0.15, 0.2) is 12.2 Å². The van der Waals surface area contributed by atoms with Gasteiger partial charge < -0.3 is 5.32 Å². The number of nitrogens with zero attached hydrogens (tertiary/aromatic N) is 1. The molecule has 0 aromatic rings. The number of hydrogen-bond acceptors (Lipinski definition) is 2. The van der Waals surface area contributed by atoms with Gasteiger partial charge in [-0.1, -0.05) is 31.4 Å². The third-order valence-electron chi connectivity index (χ3n) is 5.44. The van der Waals surface area contributed by atoms with Gasteiger partial charge in [-0.05, 0) is 57.5 Å². The maximum Gasteiger partial charge on any atom is 0.0223 e. The van der Waals surface area contributed by atoms with Gasteiger partial charge in [0.1, 0.15) is 0 Å². The van der Waals surface area contributed by atoms with Gasteiger partial charge in [0.15, 0.2) is 0 Å². The molecule has 2 aliphatic carbocycles. The Labute approximate surface area is 118 Å². The Kier molecular flexibility index (Phi) is 4.95. The first-order chi connectivity index (χ1) is 9.43. The van der Waals surface area contributed by atoms with E-state index in [2.05, 4.69) is 22.4 Å². The number of hydrogen-bond donors (Lipinski definition) is 1. The highest BCUT2D eigenvalue weighted by molar-refractivity contribution is 4.96. The van der Waals surface area contributed by atoms with Gasteiger partial charge in [0.25, 0.3) is 0 Å². The quantitative estimate of drug-likeness (QED) is 0.768. The fourth-order valence-corrected chi connectivity index (χ4v) is 4.27. The molecule has 0 aromatic heterocycles. The van der Waals surface area contributed by atoms with E-state index in [4.69, 9.17) is 0 Å². The minimum atomic E-state index is 0.772. The SMILES string of the molecule is C1=CCC(N2CCCNC(C3CCCCC3)C2)CC1. The molecule has 0 radical (unpaired) electrons. The van der Waals surface area contributed by atoms with Crippen molar-refractivity contribution in [2.75, 3.05) is 19.6 Å². The molecular formula is C17H30N2. The molecule has 2 heteroatoms. The first kappa shape index (κ1) is 13.6. The lowest BCUT2D eigenvalue weighted by Crippen LogP contribution is -2.46. The highest BCUT2D eigenvalue weighted by Gasteiger charge is 2.29. The summed E-state index contributed by atoms with van der Waals surface area (Å²) in [6, 6.07) is 1.60. The molecule has 2 atom stereocenters. The maximum atomic E-state index is 3.86. The van der Waals surface area contributed by atoms with Crippen molar-refractivity contribution in [3.05, 3.63) is 12.2 Å². The summed E-state index contributed by atoms with van der Waals surface area (Å²) in [5.74, 6) is 0.952. The Morgan fingerprint density at radius 3 is 2.63 bits per heavy atom. The van der Waals surface area contributed by atoms with Crippen LogP contribution in [-0.4, -0.2) is 36.6 Å². The van der Waals surface area contributed by atoms with E-state index in [-0.39, 0.29) is 0 Å². The van der Waals surface area contributed by atoms with E-state index < -0.39 is 0 Å². The summed E-state index contributed by atoms with van der Waals surface area (Å²) in [6.45, 7) is 3.86. The van der Waals surface area contributed by atoms with E-state index >= 15 is 0 Å². The molecule has 1 saturated carbocycles. The van der Waals surface area contributed by atoms with Gasteiger partial charge in [0.2, 0.25) is 0 Å². The normalized spacial score (nSPS) is 35.2. The van der Waals surface area contributed by atoms with Crippen LogP contribution in [0.3, 0.4) is 0 Å². The summed E-state index contributed by atoms with van der Waals surface area (Å²) >= 11 is 0. The van der Waals surface area contributed by atoms with Gasteiger partial charge in [-0.15, -0.1) is 0 Å². The lowest BCUT2D eigenvalue weighted by Gasteiger charge is -2.37. The molecule has 1 heterocycles. The largest absolute Gasteiger partial charge is 0.312 e. The van der Waals surface area contributed by atoms with Crippen LogP contribution in [0, 0.1) is 5.92 Å². The van der Waals surface area contributed by atoms with Crippen LogP contribution in [0.2, 0.25) is 0 Å². The molecule has 0 bridgehead atoms. The zero-order valence-corrected chi connectivity index (χ0v) is 12.3. The minimum Gasteiger partial charge on any atom is -0.312 e. The topological polar surface area (TPSA) is 15.3 Å². The van der Waals surface area contributed by atoms with Gasteiger partial charge in [-0.25, -0.2) is 0 Å². The third-order valence-corrected chi connectivity index (χ3v) is 5.44. The van der Waals surface area contributed by atoms with Gasteiger partial charge in [-0.2, -0.15) is 0 Å². The van der Waals surface area contributed by atoms with Crippen molar-refractivity contribution in [2.24, 2.45) is 5.92 Å². The average molecular weight is 262 g/mol. The molecule has 0 aromatic carbocycles. The summed E-state index contributed by atoms with van der Waals surface area (Å²) < 4.78 is 0. The second-order valence-corrected chi connectivity index (χ2v) is 6.75. The summed E-state index contributed by atoms with van der Waals surface area (Å²) in [7, 11) is 0. The molecule has 2 fully saturated rings. The molecule has 2 unspecified atom stereocenters. The second kappa shape index (κ2) is 6.90. The van der Waals surface area contributed by atoms with E-state index in [1.165, 1.54) is 77.4 Å². The van der Waals surface area contributed by atoms with Crippen LogP contribution >= 0.6 is 0 Å². The molecule has 2 nitrogen and oxygen atoms in total. The van der Waals surface area contributed by atoms with Crippen LogP contribution in [0.1, 0.15) is 57.8 Å². The van der Waals surface area contributed by atoms with Crippen LogP contribution in [0.5, 0.6) is 0 Å². The molecule has 0 spiro atoms. The summed E-state index contributed by atoms with van der Waals surface area (Å²) in [4.78, 5) is 2.81. The zero-order valence-electron chi connectivity index (χ0n) is 12.3. The predicted molar refractivity (Wildman–Crippen MR) is 81.3 cm³/mol. The molecule has 1 N–H and O–H groups in total. The Morgan fingerprint density at radius 2 is 1.84 bits per heavy atom. The van der Waals surface area contributed by atoms with Crippen molar-refractivity contribution < 1.29 is 0 Å². The molecule has 3 aliphatic rings. The lowest BCUT2D eigenvalue weighted by atomic mass is 9.83. The number of allylic oxidation sites excluding steroid dienone is 1. The summed E-state index contributed by atoms with van der Waals surface area (Å²) in [6.07, 6.45) is 17.4. The Bertz CT molecular complexity index is 294. The monoisotopic (exact) mass is 262 g/mol. The molecule has 108 valence electrons.